The first kappa shape index (κ1) is 25.1. The van der Waals surface area contributed by atoms with Crippen molar-refractivity contribution in [2.45, 2.75) is 19.1 Å². The molecule has 1 fully saturated rings. The van der Waals surface area contributed by atoms with Crippen LogP contribution in [0.3, 0.4) is 0 Å². The molecule has 0 saturated carbocycles. The maximum atomic E-state index is 14.9. The van der Waals surface area contributed by atoms with Crippen molar-refractivity contribution in [3.05, 3.63) is 65.6 Å². The van der Waals surface area contributed by atoms with Crippen molar-refractivity contribution >= 4 is 17.6 Å². The number of amides is 2. The van der Waals surface area contributed by atoms with Gasteiger partial charge < -0.3 is 29.5 Å². The molecule has 1 unspecified atom stereocenters. The second kappa shape index (κ2) is 10.8. The van der Waals surface area contributed by atoms with Crippen molar-refractivity contribution in [1.82, 2.24) is 14.7 Å². The second-order valence-electron chi connectivity index (χ2n) is 8.45. The van der Waals surface area contributed by atoms with Crippen LogP contribution in [0.1, 0.15) is 27.6 Å². The number of methoxy groups -OCH3 is 1. The van der Waals surface area contributed by atoms with Crippen molar-refractivity contribution in [2.24, 2.45) is 7.05 Å². The first-order chi connectivity index (χ1) is 17.2. The Kier molecular flexibility index (Phi) is 7.51. The fourth-order valence-electron chi connectivity index (χ4n) is 3.55. The van der Waals surface area contributed by atoms with E-state index in [1.807, 2.05) is 0 Å². The van der Waals surface area contributed by atoms with Gasteiger partial charge in [-0.25, -0.2) is 4.39 Å². The maximum Gasteiger partial charge on any atom is 0.257 e. The molecule has 1 saturated heterocycles. The van der Waals surface area contributed by atoms with Crippen LogP contribution in [0.4, 0.5) is 10.2 Å². The van der Waals surface area contributed by atoms with Crippen LogP contribution in [-0.4, -0.2) is 70.6 Å². The Morgan fingerprint density at radius 1 is 1.17 bits per heavy atom. The number of ether oxygens (including phenoxy) is 3. The van der Waals surface area contributed by atoms with E-state index in [0.717, 1.165) is 6.07 Å². The van der Waals surface area contributed by atoms with Gasteiger partial charge in [0.05, 0.1) is 12.7 Å². The van der Waals surface area contributed by atoms with Crippen molar-refractivity contribution in [3.63, 3.8) is 0 Å². The topological polar surface area (TPSA) is 115 Å². The first-order valence-corrected chi connectivity index (χ1v) is 11.3. The van der Waals surface area contributed by atoms with Gasteiger partial charge in [0.2, 0.25) is 0 Å². The fourth-order valence-corrected chi connectivity index (χ4v) is 3.55. The Labute approximate surface area is 207 Å². The summed E-state index contributed by atoms with van der Waals surface area (Å²) in [7, 11) is 3.30. The quantitative estimate of drug-likeness (QED) is 0.466. The summed E-state index contributed by atoms with van der Waals surface area (Å²) in [6, 6.07) is 9.97. The molecule has 2 aromatic carbocycles. The molecule has 0 spiro atoms. The van der Waals surface area contributed by atoms with Gasteiger partial charge in [0, 0.05) is 56.7 Å². The van der Waals surface area contributed by atoms with Crippen LogP contribution in [0.5, 0.6) is 17.2 Å². The second-order valence-corrected chi connectivity index (χ2v) is 8.45. The lowest BCUT2D eigenvalue weighted by Crippen LogP contribution is -2.54. The standard InChI is InChI=1S/C25H27FN4O6/c1-15(14-31)35-18-8-17(24(32)27-23-6-7-29(2)28-23)9-19(11-18)36-22-5-4-16(10-21(22)26)25(33)30-12-20(13-30)34-3/h4-11,15,20,31H,12-14H2,1-3H3,(H,27,28,32). The number of aliphatic hydroxyl groups excluding tert-OH is 1. The predicted molar refractivity (Wildman–Crippen MR) is 128 cm³/mol. The molecule has 1 aromatic heterocycles. The highest BCUT2D eigenvalue weighted by Gasteiger charge is 2.31. The molecule has 4 rings (SSSR count). The third-order valence-electron chi connectivity index (χ3n) is 5.57. The van der Waals surface area contributed by atoms with E-state index in [1.165, 1.54) is 30.3 Å². The minimum atomic E-state index is -0.737. The number of hydrogen-bond donors (Lipinski definition) is 2. The van der Waals surface area contributed by atoms with Crippen LogP contribution in [-0.2, 0) is 11.8 Å². The van der Waals surface area contributed by atoms with Crippen LogP contribution in [0, 0.1) is 5.82 Å². The minimum Gasteiger partial charge on any atom is -0.488 e. The number of hydrogen-bond acceptors (Lipinski definition) is 7. The van der Waals surface area contributed by atoms with E-state index < -0.39 is 17.8 Å². The van der Waals surface area contributed by atoms with Gasteiger partial charge in [-0.1, -0.05) is 0 Å². The number of aliphatic hydroxyl groups is 1. The number of aromatic nitrogens is 2. The summed E-state index contributed by atoms with van der Waals surface area (Å²) in [6.45, 7) is 2.32. The van der Waals surface area contributed by atoms with Crippen molar-refractivity contribution in [2.75, 3.05) is 32.1 Å². The van der Waals surface area contributed by atoms with Crippen molar-refractivity contribution < 1.29 is 33.3 Å². The number of likely N-dealkylation sites (tertiary alicyclic amines) is 1. The van der Waals surface area contributed by atoms with Crippen LogP contribution < -0.4 is 14.8 Å². The van der Waals surface area contributed by atoms with Gasteiger partial charge in [0.15, 0.2) is 17.4 Å². The van der Waals surface area contributed by atoms with Crippen LogP contribution in [0.2, 0.25) is 0 Å². The van der Waals surface area contributed by atoms with Crippen LogP contribution >= 0.6 is 0 Å². The number of carbonyl (C=O) groups is 2. The molecule has 11 heteroatoms. The molecule has 3 aromatic rings. The molecule has 1 atom stereocenters. The summed E-state index contributed by atoms with van der Waals surface area (Å²) in [5, 5.41) is 16.1. The maximum absolute atomic E-state index is 14.9. The lowest BCUT2D eigenvalue weighted by molar-refractivity contribution is -0.0192. The molecule has 0 radical (unpaired) electrons. The largest absolute Gasteiger partial charge is 0.488 e. The lowest BCUT2D eigenvalue weighted by atomic mass is 10.1. The predicted octanol–water partition coefficient (Wildman–Crippen LogP) is 2.83. The van der Waals surface area contributed by atoms with E-state index >= 15 is 0 Å². The zero-order valence-electron chi connectivity index (χ0n) is 20.1. The van der Waals surface area contributed by atoms with Gasteiger partial charge in [0.25, 0.3) is 11.8 Å². The Morgan fingerprint density at radius 3 is 2.56 bits per heavy atom. The van der Waals surface area contributed by atoms with E-state index in [0.29, 0.717) is 18.9 Å². The molecule has 1 aliphatic rings. The van der Waals surface area contributed by atoms with E-state index in [4.69, 9.17) is 14.2 Å². The number of aryl methyl sites for hydroxylation is 1. The number of rotatable bonds is 9. The number of nitrogens with zero attached hydrogens (tertiary/aromatic N) is 3. The molecule has 0 bridgehead atoms. The summed E-state index contributed by atoms with van der Waals surface area (Å²) >= 11 is 0. The zero-order chi connectivity index (χ0) is 25.8. The summed E-state index contributed by atoms with van der Waals surface area (Å²) in [4.78, 5) is 26.9. The third-order valence-corrected chi connectivity index (χ3v) is 5.57. The highest BCUT2D eigenvalue weighted by molar-refractivity contribution is 6.04. The molecular weight excluding hydrogens is 471 g/mol. The Morgan fingerprint density at radius 2 is 1.92 bits per heavy atom. The molecule has 2 amide bonds. The lowest BCUT2D eigenvalue weighted by Gasteiger charge is -2.38. The van der Waals surface area contributed by atoms with Crippen LogP contribution in [0.25, 0.3) is 0 Å². The molecule has 36 heavy (non-hydrogen) atoms. The van der Waals surface area contributed by atoms with Gasteiger partial charge in [-0.15, -0.1) is 0 Å². The molecule has 2 N–H and O–H groups in total. The highest BCUT2D eigenvalue weighted by Crippen LogP contribution is 2.31. The van der Waals surface area contributed by atoms with Gasteiger partial charge >= 0.3 is 0 Å². The van der Waals surface area contributed by atoms with Crippen molar-refractivity contribution in [3.8, 4) is 17.2 Å². The monoisotopic (exact) mass is 498 g/mol. The molecule has 2 heterocycles. The van der Waals surface area contributed by atoms with Crippen molar-refractivity contribution in [1.29, 1.82) is 0 Å². The van der Waals surface area contributed by atoms with E-state index in [2.05, 4.69) is 10.4 Å². The van der Waals surface area contributed by atoms with Gasteiger partial charge in [-0.05, 0) is 37.3 Å². The Hall–Kier alpha value is -3.96. The average molecular weight is 499 g/mol. The van der Waals surface area contributed by atoms with E-state index in [1.54, 1.807) is 42.9 Å². The highest BCUT2D eigenvalue weighted by atomic mass is 19.1. The number of nitrogens with one attached hydrogen (secondary N) is 1. The normalized spacial score (nSPS) is 14.2. The van der Waals surface area contributed by atoms with Gasteiger partial charge in [-0.2, -0.15) is 5.10 Å². The third kappa shape index (κ3) is 5.81. The molecule has 190 valence electrons. The summed E-state index contributed by atoms with van der Waals surface area (Å²) < 4.78 is 32.9. The zero-order valence-corrected chi connectivity index (χ0v) is 20.1. The minimum absolute atomic E-state index is 0.00600. The molecule has 0 aliphatic carbocycles. The summed E-state index contributed by atoms with van der Waals surface area (Å²) in [6.07, 6.45) is 1.13. The smallest absolute Gasteiger partial charge is 0.257 e. The van der Waals surface area contributed by atoms with E-state index in [9.17, 15) is 19.1 Å². The SMILES string of the molecule is COC1CN(C(=O)c2ccc(Oc3cc(OC(C)CO)cc(C(=O)Nc4ccn(C)n4)c3)c(F)c2)C1. The summed E-state index contributed by atoms with van der Waals surface area (Å²) in [5.74, 6) is -0.912. The first-order valence-electron chi connectivity index (χ1n) is 11.3. The Balaban J connectivity index is 1.54. The fraction of sp³-hybridized carbons (Fsp3) is 0.320. The Bertz CT molecular complexity index is 1260. The molecule has 1 aliphatic heterocycles. The molecule has 10 nitrogen and oxygen atoms in total. The van der Waals surface area contributed by atoms with Crippen LogP contribution in [0.15, 0.2) is 48.7 Å². The number of benzene rings is 2. The average Bonchev–Trinajstić information content (AvgIpc) is 3.23. The number of carbonyl (C=O) groups excluding carboxylic acids is 2. The number of halogens is 1. The summed E-state index contributed by atoms with van der Waals surface area (Å²) in [5.41, 5.74) is 0.370. The van der Waals surface area contributed by atoms with Gasteiger partial charge in [0.1, 0.15) is 17.6 Å². The van der Waals surface area contributed by atoms with Gasteiger partial charge in [-0.3, -0.25) is 14.3 Å². The number of anilines is 1. The molecular formula is C25H27FN4O6. The van der Waals surface area contributed by atoms with E-state index in [-0.39, 0.29) is 47.0 Å².